The van der Waals surface area contributed by atoms with Gasteiger partial charge in [-0.3, -0.25) is 5.32 Å². The van der Waals surface area contributed by atoms with Gasteiger partial charge in [0.25, 0.3) is 0 Å². The van der Waals surface area contributed by atoms with E-state index in [0.717, 1.165) is 26.1 Å². The standard InChI is InChI=1S/C14H23N3O/c1-2-17-9-5-6-11(10-17)13-12-7-3-4-8-15-14(12)18-16-13/h7,11,14-15H,2-6,8-10H2,1H3/t11-,14-/m1/s1. The summed E-state index contributed by atoms with van der Waals surface area (Å²) >= 11 is 0. The van der Waals surface area contributed by atoms with Crippen molar-refractivity contribution in [1.29, 1.82) is 0 Å². The lowest BCUT2D eigenvalue weighted by Crippen LogP contribution is -2.40. The van der Waals surface area contributed by atoms with Crippen LogP contribution in [0.2, 0.25) is 0 Å². The summed E-state index contributed by atoms with van der Waals surface area (Å²) in [6.07, 6.45) is 7.24. The molecule has 3 rings (SSSR count). The van der Waals surface area contributed by atoms with Crippen LogP contribution in [0.25, 0.3) is 0 Å². The highest BCUT2D eigenvalue weighted by Crippen LogP contribution is 2.28. The van der Waals surface area contributed by atoms with E-state index in [-0.39, 0.29) is 6.23 Å². The first-order valence-electron chi connectivity index (χ1n) is 7.28. The van der Waals surface area contributed by atoms with E-state index in [9.17, 15) is 0 Å². The van der Waals surface area contributed by atoms with Crippen molar-refractivity contribution in [2.45, 2.75) is 38.8 Å². The summed E-state index contributed by atoms with van der Waals surface area (Å²) in [5.41, 5.74) is 2.53. The van der Waals surface area contributed by atoms with E-state index in [1.807, 2.05) is 0 Å². The van der Waals surface area contributed by atoms with Crippen LogP contribution in [0.5, 0.6) is 0 Å². The molecule has 0 aromatic heterocycles. The maximum Gasteiger partial charge on any atom is 0.206 e. The minimum atomic E-state index is 0.0273. The Morgan fingerprint density at radius 3 is 3.33 bits per heavy atom. The molecule has 0 radical (unpaired) electrons. The molecular formula is C14H23N3O. The van der Waals surface area contributed by atoms with Gasteiger partial charge in [-0.2, -0.15) is 0 Å². The summed E-state index contributed by atoms with van der Waals surface area (Å²) in [6.45, 7) is 6.79. The fraction of sp³-hybridized carbons (Fsp3) is 0.786. The Labute approximate surface area is 109 Å². The summed E-state index contributed by atoms with van der Waals surface area (Å²) in [5, 5.41) is 7.79. The Balaban J connectivity index is 1.73. The van der Waals surface area contributed by atoms with Crippen LogP contribution in [-0.4, -0.2) is 43.0 Å². The van der Waals surface area contributed by atoms with Crippen LogP contribution >= 0.6 is 0 Å². The van der Waals surface area contributed by atoms with Crippen LogP contribution in [0.15, 0.2) is 16.8 Å². The molecule has 0 aromatic rings. The SMILES string of the molecule is CCN1CCC[C@@H](C2=NO[C@H]3NCCCC=C23)C1. The Morgan fingerprint density at radius 1 is 1.50 bits per heavy atom. The number of oxime groups is 1. The maximum atomic E-state index is 5.56. The zero-order chi connectivity index (χ0) is 12.4. The second-order valence-corrected chi connectivity index (χ2v) is 5.45. The second-order valence-electron chi connectivity index (χ2n) is 5.45. The molecule has 0 amide bonds. The molecule has 100 valence electrons. The number of hydrogen-bond donors (Lipinski definition) is 1. The minimum absolute atomic E-state index is 0.0273. The fourth-order valence-corrected chi connectivity index (χ4v) is 3.18. The molecule has 1 saturated heterocycles. The topological polar surface area (TPSA) is 36.9 Å². The summed E-state index contributed by atoms with van der Waals surface area (Å²) in [5.74, 6) is 0.565. The lowest BCUT2D eigenvalue weighted by atomic mass is 9.88. The first-order valence-corrected chi connectivity index (χ1v) is 7.28. The zero-order valence-corrected chi connectivity index (χ0v) is 11.2. The second kappa shape index (κ2) is 5.41. The van der Waals surface area contributed by atoms with Gasteiger partial charge in [-0.15, -0.1) is 0 Å². The van der Waals surface area contributed by atoms with Gasteiger partial charge in [0.2, 0.25) is 6.23 Å². The molecule has 1 N–H and O–H groups in total. The van der Waals surface area contributed by atoms with Crippen LogP contribution in [0.4, 0.5) is 0 Å². The molecule has 0 spiro atoms. The zero-order valence-electron chi connectivity index (χ0n) is 11.2. The summed E-state index contributed by atoms with van der Waals surface area (Å²) in [6, 6.07) is 0. The first kappa shape index (κ1) is 12.2. The average molecular weight is 249 g/mol. The van der Waals surface area contributed by atoms with Crippen molar-refractivity contribution < 1.29 is 4.84 Å². The number of nitrogens with one attached hydrogen (secondary N) is 1. The highest BCUT2D eigenvalue weighted by molar-refractivity contribution is 6.03. The van der Waals surface area contributed by atoms with Gasteiger partial charge in [0.15, 0.2) is 0 Å². The van der Waals surface area contributed by atoms with E-state index in [0.29, 0.717) is 5.92 Å². The van der Waals surface area contributed by atoms with E-state index >= 15 is 0 Å². The summed E-state index contributed by atoms with van der Waals surface area (Å²) < 4.78 is 0. The molecule has 3 aliphatic heterocycles. The van der Waals surface area contributed by atoms with Gasteiger partial charge in [-0.25, -0.2) is 0 Å². The van der Waals surface area contributed by atoms with Crippen molar-refractivity contribution in [2.24, 2.45) is 11.1 Å². The third kappa shape index (κ3) is 2.31. The summed E-state index contributed by atoms with van der Waals surface area (Å²) in [7, 11) is 0. The summed E-state index contributed by atoms with van der Waals surface area (Å²) in [4.78, 5) is 8.08. The van der Waals surface area contributed by atoms with Crippen LogP contribution in [0.1, 0.15) is 32.6 Å². The number of rotatable bonds is 2. The van der Waals surface area contributed by atoms with Crippen molar-refractivity contribution in [2.75, 3.05) is 26.2 Å². The molecule has 0 bridgehead atoms. The van der Waals surface area contributed by atoms with Gasteiger partial charge in [0.05, 0.1) is 5.71 Å². The highest BCUT2D eigenvalue weighted by atomic mass is 16.7. The first-order chi connectivity index (χ1) is 8.88. The minimum Gasteiger partial charge on any atom is -0.371 e. The van der Waals surface area contributed by atoms with Crippen LogP contribution < -0.4 is 5.32 Å². The van der Waals surface area contributed by atoms with Gasteiger partial charge in [0.1, 0.15) is 0 Å². The lowest BCUT2D eigenvalue weighted by molar-refractivity contribution is 0.0804. The number of nitrogens with zero attached hydrogens (tertiary/aromatic N) is 2. The average Bonchev–Trinajstić information content (AvgIpc) is 2.68. The van der Waals surface area contributed by atoms with Crippen LogP contribution in [-0.2, 0) is 4.84 Å². The van der Waals surface area contributed by atoms with E-state index in [2.05, 4.69) is 28.4 Å². The smallest absolute Gasteiger partial charge is 0.206 e. The number of likely N-dealkylation sites (tertiary alicyclic amines) is 1. The van der Waals surface area contributed by atoms with Gasteiger partial charge in [0, 0.05) is 18.0 Å². The molecular weight excluding hydrogens is 226 g/mol. The molecule has 3 heterocycles. The lowest BCUT2D eigenvalue weighted by Gasteiger charge is -2.31. The Kier molecular flexibility index (Phi) is 3.66. The van der Waals surface area contributed by atoms with E-state index in [4.69, 9.17) is 4.84 Å². The Morgan fingerprint density at radius 2 is 2.44 bits per heavy atom. The fourth-order valence-electron chi connectivity index (χ4n) is 3.18. The maximum absolute atomic E-state index is 5.56. The number of hydrogen-bond acceptors (Lipinski definition) is 4. The predicted octanol–water partition coefficient (Wildman–Crippen LogP) is 1.74. The Bertz CT molecular complexity index is 364. The molecule has 0 aromatic carbocycles. The van der Waals surface area contributed by atoms with Crippen molar-refractivity contribution >= 4 is 5.71 Å². The van der Waals surface area contributed by atoms with Gasteiger partial charge < -0.3 is 9.74 Å². The quantitative estimate of drug-likeness (QED) is 0.810. The molecule has 0 saturated carbocycles. The van der Waals surface area contributed by atoms with Gasteiger partial charge in [-0.05, 0) is 45.3 Å². The third-order valence-corrected chi connectivity index (χ3v) is 4.25. The number of piperidine rings is 1. The normalized spacial score (nSPS) is 33.2. The molecule has 18 heavy (non-hydrogen) atoms. The molecule has 4 heteroatoms. The van der Waals surface area contributed by atoms with Crippen molar-refractivity contribution in [3.63, 3.8) is 0 Å². The molecule has 3 aliphatic rings. The number of allylic oxidation sites excluding steroid dienone is 1. The molecule has 2 atom stereocenters. The highest BCUT2D eigenvalue weighted by Gasteiger charge is 2.34. The Hall–Kier alpha value is -0.870. The van der Waals surface area contributed by atoms with Crippen LogP contribution in [0.3, 0.4) is 0 Å². The molecule has 1 fully saturated rings. The van der Waals surface area contributed by atoms with Gasteiger partial charge >= 0.3 is 0 Å². The molecule has 0 aliphatic carbocycles. The van der Waals surface area contributed by atoms with Crippen molar-refractivity contribution in [3.05, 3.63) is 11.6 Å². The number of fused-ring (bicyclic) bond motifs is 1. The van der Waals surface area contributed by atoms with E-state index < -0.39 is 0 Å². The monoisotopic (exact) mass is 249 g/mol. The predicted molar refractivity (Wildman–Crippen MR) is 72.5 cm³/mol. The third-order valence-electron chi connectivity index (χ3n) is 4.25. The molecule has 4 nitrogen and oxygen atoms in total. The molecule has 0 unspecified atom stereocenters. The largest absolute Gasteiger partial charge is 0.371 e. The van der Waals surface area contributed by atoms with Crippen LogP contribution in [0, 0.1) is 5.92 Å². The van der Waals surface area contributed by atoms with Crippen molar-refractivity contribution in [3.8, 4) is 0 Å². The van der Waals surface area contributed by atoms with Gasteiger partial charge in [-0.1, -0.05) is 18.2 Å². The van der Waals surface area contributed by atoms with Crippen molar-refractivity contribution in [1.82, 2.24) is 10.2 Å². The van der Waals surface area contributed by atoms with E-state index in [1.54, 1.807) is 0 Å². The van der Waals surface area contributed by atoms with E-state index in [1.165, 1.54) is 37.1 Å².